The van der Waals surface area contributed by atoms with Crippen LogP contribution in [0.5, 0.6) is 5.75 Å². The second-order valence-corrected chi connectivity index (χ2v) is 7.91. The van der Waals surface area contributed by atoms with Crippen LogP contribution in [0.25, 0.3) is 0 Å². The molecule has 1 aromatic carbocycles. The van der Waals surface area contributed by atoms with E-state index < -0.39 is 0 Å². The number of furan rings is 1. The Bertz CT molecular complexity index is 828. The van der Waals surface area contributed by atoms with Crippen LogP contribution in [-0.2, 0) is 16.1 Å². The Labute approximate surface area is 183 Å². The van der Waals surface area contributed by atoms with Crippen LogP contribution in [0.4, 0.5) is 0 Å². The van der Waals surface area contributed by atoms with Gasteiger partial charge in [-0.05, 0) is 62.6 Å². The summed E-state index contributed by atoms with van der Waals surface area (Å²) in [6.07, 6.45) is 4.31. The second kappa shape index (κ2) is 11.0. The normalized spacial score (nSPS) is 16.7. The first-order valence-corrected chi connectivity index (χ1v) is 10.9. The number of nitrogens with zero attached hydrogens (tertiary/aromatic N) is 2. The minimum absolute atomic E-state index is 0.00724. The molecule has 2 aromatic rings. The molecule has 1 fully saturated rings. The summed E-state index contributed by atoms with van der Waals surface area (Å²) >= 11 is 0. The molecule has 0 saturated carbocycles. The second-order valence-electron chi connectivity index (χ2n) is 7.91. The Morgan fingerprint density at radius 2 is 2.00 bits per heavy atom. The summed E-state index contributed by atoms with van der Waals surface area (Å²) < 4.78 is 16.4. The van der Waals surface area contributed by atoms with Crippen molar-refractivity contribution >= 4 is 11.8 Å². The van der Waals surface area contributed by atoms with E-state index >= 15 is 0 Å². The largest absolute Gasteiger partial charge is 0.497 e. The average molecular weight is 429 g/mol. The maximum atomic E-state index is 13.3. The molecule has 2 atom stereocenters. The Hall–Kier alpha value is -2.80. The highest BCUT2D eigenvalue weighted by molar-refractivity contribution is 5.96. The molecule has 2 heterocycles. The molecule has 2 amide bonds. The van der Waals surface area contributed by atoms with Crippen molar-refractivity contribution in [3.63, 3.8) is 0 Å². The smallest absolute Gasteiger partial charge is 0.254 e. The first kappa shape index (κ1) is 22.9. The van der Waals surface area contributed by atoms with Crippen LogP contribution < -0.4 is 4.74 Å². The summed E-state index contributed by atoms with van der Waals surface area (Å²) in [6, 6.07) is 10.6. The SMILES string of the molecule is CC[C@H](C)N(CC(=O)N(Cc1ccco1)C[C@H]1CCCO1)C(=O)c1ccc(OC)cc1. The van der Waals surface area contributed by atoms with Crippen LogP contribution in [-0.4, -0.2) is 60.6 Å². The maximum absolute atomic E-state index is 13.3. The molecule has 1 aliphatic heterocycles. The van der Waals surface area contributed by atoms with Gasteiger partial charge in [-0.15, -0.1) is 0 Å². The zero-order valence-electron chi connectivity index (χ0n) is 18.6. The predicted octanol–water partition coefficient (Wildman–Crippen LogP) is 3.74. The van der Waals surface area contributed by atoms with E-state index in [1.807, 2.05) is 26.0 Å². The quantitative estimate of drug-likeness (QED) is 0.577. The minimum atomic E-state index is -0.166. The standard InChI is InChI=1S/C24H32N2O5/c1-4-18(2)26(24(28)19-9-11-20(29-3)12-10-19)17-23(27)25(15-21-7-5-13-30-21)16-22-8-6-14-31-22/h5,7,9-13,18,22H,4,6,8,14-17H2,1-3H3/t18-,22+/m0/s1. The van der Waals surface area contributed by atoms with E-state index in [0.717, 1.165) is 25.9 Å². The Morgan fingerprint density at radius 3 is 2.58 bits per heavy atom. The van der Waals surface area contributed by atoms with Gasteiger partial charge in [-0.3, -0.25) is 9.59 Å². The topological polar surface area (TPSA) is 72.2 Å². The molecule has 0 bridgehead atoms. The zero-order valence-corrected chi connectivity index (χ0v) is 18.6. The Kier molecular flexibility index (Phi) is 8.12. The average Bonchev–Trinajstić information content (AvgIpc) is 3.50. The van der Waals surface area contributed by atoms with E-state index in [9.17, 15) is 9.59 Å². The van der Waals surface area contributed by atoms with Crippen molar-refractivity contribution in [3.8, 4) is 5.75 Å². The van der Waals surface area contributed by atoms with E-state index in [-0.39, 0.29) is 30.5 Å². The molecule has 7 nitrogen and oxygen atoms in total. The number of benzene rings is 1. The Morgan fingerprint density at radius 1 is 1.23 bits per heavy atom. The zero-order chi connectivity index (χ0) is 22.2. The van der Waals surface area contributed by atoms with E-state index in [1.165, 1.54) is 0 Å². The number of methoxy groups -OCH3 is 1. The van der Waals surface area contributed by atoms with Crippen molar-refractivity contribution in [1.82, 2.24) is 9.80 Å². The van der Waals surface area contributed by atoms with Gasteiger partial charge in [0.15, 0.2) is 0 Å². The molecule has 7 heteroatoms. The highest BCUT2D eigenvalue weighted by Gasteiger charge is 2.28. The molecule has 3 rings (SSSR count). The lowest BCUT2D eigenvalue weighted by Gasteiger charge is -2.32. The van der Waals surface area contributed by atoms with Gasteiger partial charge >= 0.3 is 0 Å². The fourth-order valence-electron chi connectivity index (χ4n) is 3.67. The minimum Gasteiger partial charge on any atom is -0.497 e. The van der Waals surface area contributed by atoms with Crippen molar-refractivity contribution in [2.24, 2.45) is 0 Å². The summed E-state index contributed by atoms with van der Waals surface area (Å²) in [6.45, 7) is 5.55. The van der Waals surface area contributed by atoms with Crippen molar-refractivity contribution in [1.29, 1.82) is 0 Å². The number of ether oxygens (including phenoxy) is 2. The number of rotatable bonds is 10. The van der Waals surface area contributed by atoms with Gasteiger partial charge in [-0.25, -0.2) is 0 Å². The monoisotopic (exact) mass is 428 g/mol. The molecule has 31 heavy (non-hydrogen) atoms. The van der Waals surface area contributed by atoms with Gasteiger partial charge < -0.3 is 23.7 Å². The van der Waals surface area contributed by atoms with Crippen molar-refractivity contribution in [3.05, 3.63) is 54.0 Å². The third kappa shape index (κ3) is 6.10. The van der Waals surface area contributed by atoms with E-state index in [4.69, 9.17) is 13.9 Å². The molecule has 0 radical (unpaired) electrons. The molecule has 0 N–H and O–H groups in total. The van der Waals surface area contributed by atoms with E-state index in [1.54, 1.807) is 47.4 Å². The van der Waals surface area contributed by atoms with Crippen LogP contribution in [0.1, 0.15) is 49.2 Å². The van der Waals surface area contributed by atoms with Gasteiger partial charge in [0.2, 0.25) is 5.91 Å². The van der Waals surface area contributed by atoms with Crippen molar-refractivity contribution < 1.29 is 23.5 Å². The number of hydrogen-bond donors (Lipinski definition) is 0. The maximum Gasteiger partial charge on any atom is 0.254 e. The molecular weight excluding hydrogens is 396 g/mol. The molecule has 1 aliphatic rings. The number of carbonyl (C=O) groups is 2. The molecule has 0 aliphatic carbocycles. The number of amides is 2. The van der Waals surface area contributed by atoms with Gasteiger partial charge in [-0.2, -0.15) is 0 Å². The van der Waals surface area contributed by atoms with Crippen molar-refractivity contribution in [2.75, 3.05) is 26.8 Å². The first-order chi connectivity index (χ1) is 15.0. The summed E-state index contributed by atoms with van der Waals surface area (Å²) in [4.78, 5) is 30.0. The summed E-state index contributed by atoms with van der Waals surface area (Å²) in [5, 5.41) is 0. The lowest BCUT2D eigenvalue weighted by Crippen LogP contribution is -2.47. The van der Waals surface area contributed by atoms with E-state index in [0.29, 0.717) is 30.2 Å². The van der Waals surface area contributed by atoms with Gasteiger partial charge in [0.25, 0.3) is 5.91 Å². The van der Waals surface area contributed by atoms with Crippen LogP contribution >= 0.6 is 0 Å². The number of carbonyl (C=O) groups excluding carboxylic acids is 2. The molecule has 168 valence electrons. The van der Waals surface area contributed by atoms with Gasteiger partial charge in [0, 0.05) is 24.8 Å². The van der Waals surface area contributed by atoms with Crippen LogP contribution in [0.15, 0.2) is 47.1 Å². The highest BCUT2D eigenvalue weighted by atomic mass is 16.5. The van der Waals surface area contributed by atoms with Crippen LogP contribution in [0.3, 0.4) is 0 Å². The molecule has 1 saturated heterocycles. The summed E-state index contributed by atoms with van der Waals surface area (Å²) in [5.74, 6) is 1.11. The fourth-order valence-corrected chi connectivity index (χ4v) is 3.67. The van der Waals surface area contributed by atoms with Gasteiger partial charge in [-0.1, -0.05) is 6.92 Å². The molecular formula is C24H32N2O5. The van der Waals surface area contributed by atoms with Gasteiger partial charge in [0.05, 0.1) is 26.0 Å². The molecule has 0 unspecified atom stereocenters. The van der Waals surface area contributed by atoms with Crippen LogP contribution in [0.2, 0.25) is 0 Å². The van der Waals surface area contributed by atoms with Crippen molar-refractivity contribution in [2.45, 2.75) is 51.8 Å². The van der Waals surface area contributed by atoms with E-state index in [2.05, 4.69) is 0 Å². The highest BCUT2D eigenvalue weighted by Crippen LogP contribution is 2.18. The van der Waals surface area contributed by atoms with Gasteiger partial charge in [0.1, 0.15) is 18.1 Å². The summed E-state index contributed by atoms with van der Waals surface area (Å²) in [5.41, 5.74) is 0.533. The molecule has 0 spiro atoms. The predicted molar refractivity (Wildman–Crippen MR) is 117 cm³/mol. The lowest BCUT2D eigenvalue weighted by molar-refractivity contribution is -0.134. The Balaban J connectivity index is 1.75. The molecule has 1 aromatic heterocycles. The lowest BCUT2D eigenvalue weighted by atomic mass is 10.1. The first-order valence-electron chi connectivity index (χ1n) is 10.9. The fraction of sp³-hybridized carbons (Fsp3) is 0.500. The summed E-state index contributed by atoms with van der Waals surface area (Å²) in [7, 11) is 1.59. The third-order valence-electron chi connectivity index (χ3n) is 5.75. The number of hydrogen-bond acceptors (Lipinski definition) is 5. The van der Waals surface area contributed by atoms with Crippen LogP contribution in [0, 0.1) is 0 Å². The third-order valence-corrected chi connectivity index (χ3v) is 5.75.